The van der Waals surface area contributed by atoms with Gasteiger partial charge in [0.15, 0.2) is 0 Å². The van der Waals surface area contributed by atoms with Crippen molar-refractivity contribution in [2.45, 2.75) is 6.42 Å². The molecule has 0 saturated heterocycles. The summed E-state index contributed by atoms with van der Waals surface area (Å²) in [5.74, 6) is 1.11. The van der Waals surface area contributed by atoms with Crippen molar-refractivity contribution < 1.29 is 0 Å². The van der Waals surface area contributed by atoms with Crippen LogP contribution in [-0.2, 0) is 0 Å². The maximum atomic E-state index is 2.52. The third-order valence-electron chi connectivity index (χ3n) is 16.4. The molecule has 2 unspecified atom stereocenters. The van der Waals surface area contributed by atoms with Crippen LogP contribution in [0.4, 0.5) is 0 Å². The van der Waals surface area contributed by atoms with Gasteiger partial charge in [0.2, 0.25) is 0 Å². The Hall–Kier alpha value is -9.24. The average molecular weight is 927 g/mol. The summed E-state index contributed by atoms with van der Waals surface area (Å²) in [7, 11) is 0. The molecule has 1 fully saturated rings. The first-order valence-corrected chi connectivity index (χ1v) is 25.7. The van der Waals surface area contributed by atoms with Gasteiger partial charge in [0.1, 0.15) is 0 Å². The Kier molecular flexibility index (Phi) is 8.67. The number of rotatable bonds is 6. The Morgan fingerprint density at radius 3 is 1.21 bits per heavy atom. The Balaban J connectivity index is 0.929. The van der Waals surface area contributed by atoms with Crippen molar-refractivity contribution in [1.29, 1.82) is 0 Å². The highest BCUT2D eigenvalue weighted by Gasteiger charge is 2.40. The molecule has 16 rings (SSSR count). The van der Waals surface area contributed by atoms with Gasteiger partial charge in [-0.1, -0.05) is 206 Å². The van der Waals surface area contributed by atoms with Gasteiger partial charge in [-0.15, -0.1) is 0 Å². The van der Waals surface area contributed by atoms with E-state index in [0.29, 0.717) is 11.8 Å². The Labute approximate surface area is 422 Å². The molecule has 0 radical (unpaired) electrons. The first-order chi connectivity index (χ1) is 36.2. The minimum absolute atomic E-state index is 0.519. The van der Waals surface area contributed by atoms with Crippen LogP contribution in [0.1, 0.15) is 12.0 Å². The van der Waals surface area contributed by atoms with Gasteiger partial charge in [-0.3, -0.25) is 0 Å². The van der Waals surface area contributed by atoms with Crippen LogP contribution in [0.3, 0.4) is 0 Å². The predicted molar refractivity (Wildman–Crippen MR) is 310 cm³/mol. The predicted octanol–water partition coefficient (Wildman–Crippen LogP) is 19.1. The second kappa shape index (κ2) is 15.6. The smallest absolute Gasteiger partial charge is 0.0541 e. The molecule has 12 aromatic carbocycles. The molecule has 2 aromatic heterocycles. The molecule has 0 amide bonds. The van der Waals surface area contributed by atoms with Crippen LogP contribution >= 0.6 is 0 Å². The van der Waals surface area contributed by atoms with Crippen molar-refractivity contribution in [2.75, 3.05) is 0 Å². The van der Waals surface area contributed by atoms with E-state index in [1.807, 2.05) is 0 Å². The minimum Gasteiger partial charge on any atom is -0.309 e. The van der Waals surface area contributed by atoms with Crippen LogP contribution in [0.15, 0.2) is 255 Å². The van der Waals surface area contributed by atoms with Gasteiger partial charge in [0.05, 0.1) is 33.4 Å². The van der Waals surface area contributed by atoms with Crippen molar-refractivity contribution in [3.63, 3.8) is 0 Å². The van der Waals surface area contributed by atoms with E-state index in [-0.39, 0.29) is 0 Å². The number of fused-ring (bicyclic) bond motifs is 11. The number of benzene rings is 12. The van der Waals surface area contributed by atoms with Gasteiger partial charge in [0, 0.05) is 32.3 Å². The van der Waals surface area contributed by atoms with Crippen LogP contribution in [0.2, 0.25) is 0 Å². The molecule has 2 atom stereocenters. The summed E-state index contributed by atoms with van der Waals surface area (Å²) in [4.78, 5) is 0. The van der Waals surface area contributed by atoms with Crippen molar-refractivity contribution in [2.24, 2.45) is 11.8 Å². The summed E-state index contributed by atoms with van der Waals surface area (Å²) in [6, 6.07) is 88.4. The van der Waals surface area contributed by atoms with Crippen molar-refractivity contribution >= 4 is 92.3 Å². The highest BCUT2D eigenvalue weighted by molar-refractivity contribution is 6.22. The first-order valence-electron chi connectivity index (χ1n) is 25.7. The molecular formula is C71H46N2. The second-order valence-electron chi connectivity index (χ2n) is 20.2. The molecule has 340 valence electrons. The molecule has 2 aliphatic rings. The third-order valence-corrected chi connectivity index (χ3v) is 16.4. The number of hydrogen-bond donors (Lipinski definition) is 0. The lowest BCUT2D eigenvalue weighted by molar-refractivity contribution is 1.00. The number of hydrogen-bond acceptors (Lipinski definition) is 0. The van der Waals surface area contributed by atoms with Crippen molar-refractivity contribution in [1.82, 2.24) is 9.13 Å². The molecule has 0 aliphatic heterocycles. The summed E-state index contributed by atoms with van der Waals surface area (Å²) >= 11 is 0. The summed E-state index contributed by atoms with van der Waals surface area (Å²) in [6.45, 7) is 0. The van der Waals surface area contributed by atoms with Crippen LogP contribution < -0.4 is 0 Å². The minimum atomic E-state index is 0.519. The molecule has 2 nitrogen and oxygen atoms in total. The quantitative estimate of drug-likeness (QED) is 0.147. The molecule has 0 N–H and O–H groups in total. The van der Waals surface area contributed by atoms with Gasteiger partial charge in [-0.05, 0) is 144 Å². The molecule has 73 heavy (non-hydrogen) atoms. The van der Waals surface area contributed by atoms with Gasteiger partial charge >= 0.3 is 0 Å². The Bertz CT molecular complexity index is 4610. The third kappa shape index (κ3) is 5.98. The van der Waals surface area contributed by atoms with E-state index in [1.165, 1.54) is 149 Å². The largest absolute Gasteiger partial charge is 0.309 e. The normalized spacial score (nSPS) is 15.4. The van der Waals surface area contributed by atoms with E-state index in [9.17, 15) is 0 Å². The Morgan fingerprint density at radius 2 is 0.712 bits per heavy atom. The average Bonchev–Trinajstić information content (AvgIpc) is 4.09. The maximum Gasteiger partial charge on any atom is 0.0541 e. The van der Waals surface area contributed by atoms with Gasteiger partial charge in [-0.25, -0.2) is 0 Å². The fourth-order valence-corrected chi connectivity index (χ4v) is 13.1. The zero-order valence-electron chi connectivity index (χ0n) is 40.0. The van der Waals surface area contributed by atoms with E-state index in [1.54, 1.807) is 0 Å². The zero-order valence-corrected chi connectivity index (χ0v) is 40.0. The van der Waals surface area contributed by atoms with E-state index >= 15 is 0 Å². The van der Waals surface area contributed by atoms with Gasteiger partial charge in [-0.2, -0.15) is 0 Å². The van der Waals surface area contributed by atoms with Crippen LogP contribution in [0.5, 0.6) is 0 Å². The van der Waals surface area contributed by atoms with E-state index in [4.69, 9.17) is 0 Å². The molecule has 14 aromatic rings. The topological polar surface area (TPSA) is 9.86 Å². The second-order valence-corrected chi connectivity index (χ2v) is 20.2. The molecule has 0 spiro atoms. The van der Waals surface area contributed by atoms with Crippen LogP contribution in [0.25, 0.3) is 137 Å². The first kappa shape index (κ1) is 40.5. The fraction of sp³-hybridized carbons (Fsp3) is 0.0423. The number of aromatic nitrogens is 2. The van der Waals surface area contributed by atoms with Crippen molar-refractivity contribution in [3.8, 4) is 44.8 Å². The molecule has 2 heteroatoms. The van der Waals surface area contributed by atoms with E-state index in [0.717, 1.165) is 0 Å². The van der Waals surface area contributed by atoms with E-state index < -0.39 is 0 Å². The molecule has 2 aliphatic carbocycles. The Morgan fingerprint density at radius 1 is 0.301 bits per heavy atom. The van der Waals surface area contributed by atoms with Gasteiger partial charge < -0.3 is 9.13 Å². The monoisotopic (exact) mass is 926 g/mol. The molecular weight excluding hydrogens is 881 g/mol. The highest BCUT2D eigenvalue weighted by Crippen LogP contribution is 2.55. The lowest BCUT2D eigenvalue weighted by Gasteiger charge is -2.22. The summed E-state index contributed by atoms with van der Waals surface area (Å²) in [6.07, 6.45) is 8.35. The highest BCUT2D eigenvalue weighted by atomic mass is 15.0. The zero-order chi connectivity index (χ0) is 47.7. The SMILES string of the molecule is C1=CC2CC2C(c2c3cc(-c4ccc(-n5c6ccccc6c6ccccc65)c5ccccc45)ccc3c(-c3ccccc3)c3cc(-c4ccc(-n5c6ccccc6c6ccccc65)c5ccccc45)ccc23)=C1. The summed E-state index contributed by atoms with van der Waals surface area (Å²) in [5.41, 5.74) is 17.5. The van der Waals surface area contributed by atoms with Gasteiger partial charge in [0.25, 0.3) is 0 Å². The molecule has 1 saturated carbocycles. The van der Waals surface area contributed by atoms with Crippen LogP contribution in [0, 0.1) is 11.8 Å². The number of nitrogens with zero attached hydrogens (tertiary/aromatic N) is 2. The number of allylic oxidation sites excluding steroid dienone is 4. The lowest BCUT2D eigenvalue weighted by atomic mass is 9.81. The standard InChI is InChI=1S/C71H46N2/c1-2-17-44(18-3-1)70-59-35-33-47(49-38-40-69(53-23-7-5-21-51(49)53)73-66-31-14-10-26-56(66)57-27-11-15-32-67(57)73)43-63(59)71(58-28-16-19-45-41-61(45)58)60-36-34-46(42-62(60)70)48-37-39-68(52-22-6-4-20-50(48)52)72-64-29-12-8-24-54(64)55-25-9-13-30-65(55)72/h1-40,42-43,45,61H,41H2. The van der Waals surface area contributed by atoms with Crippen LogP contribution in [-0.4, -0.2) is 9.13 Å². The molecule has 2 heterocycles. The summed E-state index contributed by atoms with van der Waals surface area (Å²) in [5, 5.41) is 15.2. The lowest BCUT2D eigenvalue weighted by Crippen LogP contribution is -1.99. The maximum absolute atomic E-state index is 2.52. The summed E-state index contributed by atoms with van der Waals surface area (Å²) < 4.78 is 4.91. The number of para-hydroxylation sites is 4. The van der Waals surface area contributed by atoms with E-state index in [2.05, 4.69) is 264 Å². The van der Waals surface area contributed by atoms with Crippen molar-refractivity contribution in [3.05, 3.63) is 260 Å². The molecule has 0 bridgehead atoms. The fourth-order valence-electron chi connectivity index (χ4n) is 13.1.